The summed E-state index contributed by atoms with van der Waals surface area (Å²) in [6.07, 6.45) is 5.01. The minimum absolute atomic E-state index is 0.341. The first-order valence-corrected chi connectivity index (χ1v) is 8.43. The summed E-state index contributed by atoms with van der Waals surface area (Å²) in [6, 6.07) is 9.30. The fourth-order valence-corrected chi connectivity index (χ4v) is 4.64. The fourth-order valence-electron chi connectivity index (χ4n) is 3.39. The quantitative estimate of drug-likeness (QED) is 0.887. The van der Waals surface area contributed by atoms with Crippen molar-refractivity contribution in [2.45, 2.75) is 42.5 Å². The van der Waals surface area contributed by atoms with Gasteiger partial charge in [-0.3, -0.25) is 0 Å². The lowest BCUT2D eigenvalue weighted by atomic mass is 9.84. The van der Waals surface area contributed by atoms with E-state index in [1.807, 2.05) is 11.8 Å². The molecule has 0 amide bonds. The van der Waals surface area contributed by atoms with Crippen molar-refractivity contribution in [1.82, 2.24) is 5.32 Å². The van der Waals surface area contributed by atoms with E-state index in [0.29, 0.717) is 24.5 Å². The van der Waals surface area contributed by atoms with Crippen LogP contribution in [0.25, 0.3) is 0 Å². The van der Waals surface area contributed by atoms with Crippen LogP contribution in [0.1, 0.15) is 37.2 Å². The second-order valence-corrected chi connectivity index (χ2v) is 6.85. The molecular formula is C16H23NOS. The van der Waals surface area contributed by atoms with Crippen LogP contribution in [0.5, 0.6) is 0 Å². The zero-order valence-corrected chi connectivity index (χ0v) is 12.2. The van der Waals surface area contributed by atoms with Gasteiger partial charge >= 0.3 is 0 Å². The first-order valence-electron chi connectivity index (χ1n) is 7.44. The number of aliphatic hydroxyl groups is 1. The Morgan fingerprint density at radius 3 is 2.95 bits per heavy atom. The predicted molar refractivity (Wildman–Crippen MR) is 80.7 cm³/mol. The molecule has 3 heteroatoms. The molecule has 1 fully saturated rings. The number of benzene rings is 1. The van der Waals surface area contributed by atoms with Crippen molar-refractivity contribution < 1.29 is 5.11 Å². The number of hydrogen-bond acceptors (Lipinski definition) is 3. The molecule has 0 saturated heterocycles. The molecule has 0 aromatic heterocycles. The Hall–Kier alpha value is -0.510. The molecule has 1 aromatic carbocycles. The van der Waals surface area contributed by atoms with E-state index in [0.717, 1.165) is 6.54 Å². The van der Waals surface area contributed by atoms with Gasteiger partial charge in [-0.1, -0.05) is 31.0 Å². The van der Waals surface area contributed by atoms with Crippen LogP contribution in [-0.2, 0) is 0 Å². The van der Waals surface area contributed by atoms with Crippen LogP contribution in [-0.4, -0.2) is 30.1 Å². The minimum atomic E-state index is 0.341. The van der Waals surface area contributed by atoms with Gasteiger partial charge < -0.3 is 10.4 Å². The molecule has 1 aliphatic carbocycles. The molecule has 0 bridgehead atoms. The molecule has 3 unspecified atom stereocenters. The second kappa shape index (κ2) is 6.29. The topological polar surface area (TPSA) is 32.3 Å². The summed E-state index contributed by atoms with van der Waals surface area (Å²) in [5, 5.41) is 13.2. The van der Waals surface area contributed by atoms with Gasteiger partial charge in [-0.05, 0) is 30.4 Å². The van der Waals surface area contributed by atoms with Gasteiger partial charge in [-0.25, -0.2) is 0 Å². The number of rotatable bonds is 4. The molecule has 1 heterocycles. The van der Waals surface area contributed by atoms with Crippen molar-refractivity contribution in [3.05, 3.63) is 29.8 Å². The van der Waals surface area contributed by atoms with E-state index in [9.17, 15) is 5.11 Å². The van der Waals surface area contributed by atoms with Gasteiger partial charge in [-0.15, -0.1) is 11.8 Å². The lowest BCUT2D eigenvalue weighted by Gasteiger charge is -2.32. The summed E-state index contributed by atoms with van der Waals surface area (Å²) in [6.45, 7) is 1.40. The van der Waals surface area contributed by atoms with E-state index in [2.05, 4.69) is 29.6 Å². The van der Waals surface area contributed by atoms with Crippen molar-refractivity contribution in [2.75, 3.05) is 18.9 Å². The maximum atomic E-state index is 9.47. The zero-order chi connectivity index (χ0) is 13.1. The molecule has 3 rings (SSSR count). The molecule has 19 heavy (non-hydrogen) atoms. The SMILES string of the molecule is OCC1CCCCC1NCC1CSc2ccccc21. The molecule has 2 aliphatic rings. The molecule has 0 spiro atoms. The minimum Gasteiger partial charge on any atom is -0.396 e. The highest BCUT2D eigenvalue weighted by Gasteiger charge is 2.27. The molecule has 2 N–H and O–H groups in total. The average Bonchev–Trinajstić information content (AvgIpc) is 2.89. The van der Waals surface area contributed by atoms with Gasteiger partial charge in [0.1, 0.15) is 0 Å². The highest BCUT2D eigenvalue weighted by Crippen LogP contribution is 2.39. The van der Waals surface area contributed by atoms with Crippen molar-refractivity contribution >= 4 is 11.8 Å². The van der Waals surface area contributed by atoms with Gasteiger partial charge in [0.25, 0.3) is 0 Å². The number of fused-ring (bicyclic) bond motifs is 1. The lowest BCUT2D eigenvalue weighted by Crippen LogP contribution is -2.42. The van der Waals surface area contributed by atoms with Gasteiger partial charge in [-0.2, -0.15) is 0 Å². The van der Waals surface area contributed by atoms with Crippen molar-refractivity contribution in [3.8, 4) is 0 Å². The molecule has 1 aliphatic heterocycles. The third kappa shape index (κ3) is 2.99. The molecule has 1 aromatic rings. The zero-order valence-electron chi connectivity index (χ0n) is 11.3. The lowest BCUT2D eigenvalue weighted by molar-refractivity contribution is 0.152. The summed E-state index contributed by atoms with van der Waals surface area (Å²) in [5.74, 6) is 2.31. The van der Waals surface area contributed by atoms with Crippen molar-refractivity contribution in [3.63, 3.8) is 0 Å². The highest BCUT2D eigenvalue weighted by atomic mass is 32.2. The van der Waals surface area contributed by atoms with E-state index in [1.165, 1.54) is 41.9 Å². The van der Waals surface area contributed by atoms with Gasteiger partial charge in [0.05, 0.1) is 0 Å². The van der Waals surface area contributed by atoms with E-state index in [1.54, 1.807) is 0 Å². The maximum Gasteiger partial charge on any atom is 0.0474 e. The number of hydrogen-bond donors (Lipinski definition) is 2. The Morgan fingerprint density at radius 1 is 1.21 bits per heavy atom. The Morgan fingerprint density at radius 2 is 2.05 bits per heavy atom. The predicted octanol–water partition coefficient (Wildman–Crippen LogP) is 3.02. The van der Waals surface area contributed by atoms with Crippen molar-refractivity contribution in [1.29, 1.82) is 0 Å². The van der Waals surface area contributed by atoms with Crippen LogP contribution in [0.4, 0.5) is 0 Å². The third-order valence-corrected chi connectivity index (χ3v) is 5.82. The smallest absolute Gasteiger partial charge is 0.0474 e. The Labute approximate surface area is 120 Å². The summed E-state index contributed by atoms with van der Waals surface area (Å²) in [4.78, 5) is 1.46. The Balaban J connectivity index is 1.58. The second-order valence-electron chi connectivity index (χ2n) is 5.79. The standard InChI is InChI=1S/C16H23NOS/c18-10-12-5-1-3-7-15(12)17-9-13-11-19-16-8-4-2-6-14(13)16/h2,4,6,8,12-13,15,17-18H,1,3,5,7,9-11H2. The van der Waals surface area contributed by atoms with Crippen LogP contribution < -0.4 is 5.32 Å². The van der Waals surface area contributed by atoms with E-state index in [-0.39, 0.29) is 0 Å². The van der Waals surface area contributed by atoms with Crippen LogP contribution in [0.15, 0.2) is 29.2 Å². The first kappa shape index (κ1) is 13.5. The Kier molecular flexibility index (Phi) is 4.46. The van der Waals surface area contributed by atoms with Crippen LogP contribution >= 0.6 is 11.8 Å². The van der Waals surface area contributed by atoms with Crippen LogP contribution in [0.3, 0.4) is 0 Å². The number of nitrogens with one attached hydrogen (secondary N) is 1. The van der Waals surface area contributed by atoms with E-state index in [4.69, 9.17) is 0 Å². The normalized spacial score (nSPS) is 30.3. The number of aliphatic hydroxyl groups excluding tert-OH is 1. The summed E-state index contributed by atoms with van der Waals surface area (Å²) < 4.78 is 0. The number of thioether (sulfide) groups is 1. The Bertz CT molecular complexity index is 423. The van der Waals surface area contributed by atoms with Crippen molar-refractivity contribution in [2.24, 2.45) is 5.92 Å². The monoisotopic (exact) mass is 277 g/mol. The molecule has 104 valence electrons. The maximum absolute atomic E-state index is 9.47. The molecule has 1 saturated carbocycles. The molecular weight excluding hydrogens is 254 g/mol. The van der Waals surface area contributed by atoms with Crippen LogP contribution in [0, 0.1) is 5.92 Å². The molecule has 0 radical (unpaired) electrons. The average molecular weight is 277 g/mol. The highest BCUT2D eigenvalue weighted by molar-refractivity contribution is 7.99. The van der Waals surface area contributed by atoms with Gasteiger partial charge in [0.2, 0.25) is 0 Å². The summed E-state index contributed by atoms with van der Waals surface area (Å²) in [7, 11) is 0. The first-order chi connectivity index (χ1) is 9.38. The van der Waals surface area contributed by atoms with Gasteiger partial charge in [0, 0.05) is 35.8 Å². The molecule has 2 nitrogen and oxygen atoms in total. The fraction of sp³-hybridized carbons (Fsp3) is 0.625. The summed E-state index contributed by atoms with van der Waals surface area (Å²) in [5.41, 5.74) is 1.51. The van der Waals surface area contributed by atoms with E-state index < -0.39 is 0 Å². The largest absolute Gasteiger partial charge is 0.396 e. The van der Waals surface area contributed by atoms with E-state index >= 15 is 0 Å². The molecule has 3 atom stereocenters. The van der Waals surface area contributed by atoms with Crippen LogP contribution in [0.2, 0.25) is 0 Å². The third-order valence-electron chi connectivity index (χ3n) is 4.57. The van der Waals surface area contributed by atoms with Gasteiger partial charge in [0.15, 0.2) is 0 Å². The summed E-state index contributed by atoms with van der Waals surface area (Å²) >= 11 is 1.98.